The smallest absolute Gasteiger partial charge is 0.332 e. The van der Waals surface area contributed by atoms with Crippen molar-refractivity contribution in [3.05, 3.63) is 55.6 Å². The zero-order chi connectivity index (χ0) is 35.8. The molecule has 3 N–H and O–H groups in total. The topological polar surface area (TPSA) is 229 Å². The van der Waals surface area contributed by atoms with E-state index in [9.17, 15) is 41.9 Å². The standard InChI is InChI=1S/C30H43N7O9S2/c1-5-9-13-34(14-10-6-2)47(43,44)21-17-23-27(25(19-21)36(39)40)28-24(29(23)32-33-30(31)38)18-22(20-26(28)37(41)42)48(45,46)35(15-11-7-3)16-12-8-4/h17-20H,5-16H2,1-4H3,(H3,31,33,38). The number of nitrogens with zero attached hydrogens (tertiary/aromatic N) is 5. The highest BCUT2D eigenvalue weighted by atomic mass is 32.2. The van der Waals surface area contributed by atoms with Gasteiger partial charge in [-0.05, 0) is 37.8 Å². The molecule has 0 radical (unpaired) electrons. The van der Waals surface area contributed by atoms with Crippen molar-refractivity contribution in [3.8, 4) is 11.1 Å². The lowest BCUT2D eigenvalue weighted by Gasteiger charge is -2.22. The fourth-order valence-electron chi connectivity index (χ4n) is 5.40. The quantitative estimate of drug-likeness (QED) is 0.125. The third-order valence-corrected chi connectivity index (χ3v) is 11.7. The molecule has 0 heterocycles. The Hall–Kier alpha value is -4.00. The molecule has 0 atom stereocenters. The molecule has 0 spiro atoms. The van der Waals surface area contributed by atoms with Crippen molar-refractivity contribution in [2.45, 2.75) is 88.9 Å². The van der Waals surface area contributed by atoms with Crippen LogP contribution in [0.1, 0.15) is 90.2 Å². The normalized spacial score (nSPS) is 12.7. The van der Waals surface area contributed by atoms with Crippen molar-refractivity contribution in [2.75, 3.05) is 26.2 Å². The van der Waals surface area contributed by atoms with Gasteiger partial charge in [-0.25, -0.2) is 27.1 Å². The van der Waals surface area contributed by atoms with Crippen LogP contribution in [0.2, 0.25) is 0 Å². The van der Waals surface area contributed by atoms with Crippen molar-refractivity contribution >= 4 is 43.2 Å². The molecule has 1 aliphatic rings. The van der Waals surface area contributed by atoms with Crippen LogP contribution in [0.5, 0.6) is 0 Å². The van der Waals surface area contributed by atoms with E-state index < -0.39 is 57.1 Å². The molecule has 0 aromatic heterocycles. The van der Waals surface area contributed by atoms with E-state index in [0.29, 0.717) is 51.4 Å². The molecule has 2 aromatic carbocycles. The number of sulfonamides is 2. The predicted molar refractivity (Wildman–Crippen MR) is 181 cm³/mol. The summed E-state index contributed by atoms with van der Waals surface area (Å²) in [4.78, 5) is 34.2. The SMILES string of the molecule is CCCCN(CCCC)S(=O)(=O)c1cc2c(c([N+](=O)[O-])c1)-c1c(cc(S(=O)(=O)N(CCCC)CCCC)cc1[N+](=O)[O-])C2=NNC(N)=O. The van der Waals surface area contributed by atoms with Crippen molar-refractivity contribution < 1.29 is 31.5 Å². The molecule has 2 amide bonds. The third-order valence-electron chi connectivity index (χ3n) is 7.93. The van der Waals surface area contributed by atoms with E-state index in [2.05, 4.69) is 5.10 Å². The predicted octanol–water partition coefficient (Wildman–Crippen LogP) is 5.09. The molecular formula is C30H43N7O9S2. The summed E-state index contributed by atoms with van der Waals surface area (Å²) in [6, 6.07) is 2.76. The summed E-state index contributed by atoms with van der Waals surface area (Å²) in [5, 5.41) is 29.0. The average molecular weight is 710 g/mol. The highest BCUT2D eigenvalue weighted by Gasteiger charge is 2.42. The van der Waals surface area contributed by atoms with Gasteiger partial charge >= 0.3 is 6.03 Å². The molecule has 0 saturated heterocycles. The van der Waals surface area contributed by atoms with E-state index in [1.807, 2.05) is 33.1 Å². The summed E-state index contributed by atoms with van der Waals surface area (Å²) in [6.45, 7) is 8.21. The first-order valence-electron chi connectivity index (χ1n) is 16.0. The van der Waals surface area contributed by atoms with Gasteiger partial charge in [0.2, 0.25) is 20.0 Å². The monoisotopic (exact) mass is 709 g/mol. The Balaban J connectivity index is 2.42. The van der Waals surface area contributed by atoms with Crippen LogP contribution in [0.15, 0.2) is 39.2 Å². The minimum absolute atomic E-state index is 0.160. The van der Waals surface area contributed by atoms with E-state index >= 15 is 0 Å². The van der Waals surface area contributed by atoms with Gasteiger partial charge in [-0.15, -0.1) is 0 Å². The molecule has 0 bridgehead atoms. The molecule has 0 fully saturated rings. The molecule has 16 nitrogen and oxygen atoms in total. The first-order valence-corrected chi connectivity index (χ1v) is 18.8. The number of amides is 2. The Morgan fingerprint density at radius 3 is 1.31 bits per heavy atom. The maximum atomic E-state index is 14.0. The fraction of sp³-hybridized carbons (Fsp3) is 0.533. The number of nitrogens with one attached hydrogen (secondary N) is 1. The van der Waals surface area contributed by atoms with Gasteiger partial charge in [0, 0.05) is 49.4 Å². The Morgan fingerprint density at radius 2 is 1.04 bits per heavy atom. The second-order valence-corrected chi connectivity index (χ2v) is 15.3. The van der Waals surface area contributed by atoms with E-state index in [-0.39, 0.29) is 54.1 Å². The van der Waals surface area contributed by atoms with E-state index in [1.54, 1.807) is 0 Å². The molecular weight excluding hydrogens is 667 g/mol. The van der Waals surface area contributed by atoms with Crippen LogP contribution < -0.4 is 11.2 Å². The molecule has 2 aromatic rings. The van der Waals surface area contributed by atoms with Crippen molar-refractivity contribution in [1.29, 1.82) is 0 Å². The lowest BCUT2D eigenvalue weighted by Crippen LogP contribution is -2.33. The fourth-order valence-corrected chi connectivity index (χ4v) is 8.53. The maximum absolute atomic E-state index is 14.0. The summed E-state index contributed by atoms with van der Waals surface area (Å²) >= 11 is 0. The van der Waals surface area contributed by atoms with Crippen molar-refractivity contribution in [3.63, 3.8) is 0 Å². The Bertz CT molecular complexity index is 1660. The molecule has 18 heteroatoms. The lowest BCUT2D eigenvalue weighted by atomic mass is 10.0. The number of benzene rings is 2. The van der Waals surface area contributed by atoms with E-state index in [1.165, 1.54) is 8.61 Å². The van der Waals surface area contributed by atoms with Crippen LogP contribution in [-0.2, 0) is 20.0 Å². The summed E-state index contributed by atoms with van der Waals surface area (Å²) in [5.41, 5.74) is 4.29. The van der Waals surface area contributed by atoms with Crippen molar-refractivity contribution in [1.82, 2.24) is 14.0 Å². The van der Waals surface area contributed by atoms with Crippen LogP contribution in [0.4, 0.5) is 16.2 Å². The Kier molecular flexibility index (Phi) is 13.1. The molecule has 3 rings (SSSR count). The summed E-state index contributed by atoms with van der Waals surface area (Å²) in [5.74, 6) is 0. The minimum Gasteiger partial charge on any atom is -0.350 e. The van der Waals surface area contributed by atoms with Gasteiger partial charge < -0.3 is 5.73 Å². The number of rotatable bonds is 19. The van der Waals surface area contributed by atoms with Crippen LogP contribution in [-0.4, -0.2) is 73.2 Å². The number of carbonyl (C=O) groups is 1. The average Bonchev–Trinajstić information content (AvgIpc) is 3.35. The largest absolute Gasteiger partial charge is 0.350 e. The number of nitro groups is 2. The number of hydrogen-bond acceptors (Lipinski definition) is 10. The Labute approximate surface area is 280 Å². The lowest BCUT2D eigenvalue weighted by molar-refractivity contribution is -0.386. The van der Waals surface area contributed by atoms with Crippen molar-refractivity contribution in [2.24, 2.45) is 10.8 Å². The number of hydrazone groups is 1. The molecule has 1 aliphatic carbocycles. The van der Waals surface area contributed by atoms with Crippen LogP contribution in [0, 0.1) is 20.2 Å². The Morgan fingerprint density at radius 1 is 0.708 bits per heavy atom. The number of nitro benzene ring substituents is 2. The number of hydrogen-bond donors (Lipinski definition) is 2. The second kappa shape index (κ2) is 16.4. The summed E-state index contributed by atoms with van der Waals surface area (Å²) in [7, 11) is -8.65. The van der Waals surface area contributed by atoms with Gasteiger partial charge in [-0.3, -0.25) is 20.2 Å². The first-order chi connectivity index (χ1) is 22.7. The van der Waals surface area contributed by atoms with Crippen LogP contribution in [0.25, 0.3) is 11.1 Å². The van der Waals surface area contributed by atoms with E-state index in [0.717, 1.165) is 24.3 Å². The molecule has 0 aliphatic heterocycles. The molecule has 0 unspecified atom stereocenters. The number of fused-ring (bicyclic) bond motifs is 3. The number of unbranched alkanes of at least 4 members (excludes halogenated alkanes) is 4. The van der Waals surface area contributed by atoms with Gasteiger partial charge in [-0.1, -0.05) is 53.4 Å². The maximum Gasteiger partial charge on any atom is 0.332 e. The second-order valence-electron chi connectivity index (χ2n) is 11.4. The van der Waals surface area contributed by atoms with Gasteiger partial charge in [0.1, 0.15) is 0 Å². The van der Waals surface area contributed by atoms with Gasteiger partial charge in [0.25, 0.3) is 11.4 Å². The molecule has 264 valence electrons. The minimum atomic E-state index is -4.33. The molecule has 0 saturated carbocycles. The van der Waals surface area contributed by atoms with Gasteiger partial charge in [0.15, 0.2) is 0 Å². The number of primary amides is 1. The number of nitrogens with two attached hydrogens (primary N) is 1. The highest BCUT2D eigenvalue weighted by Crippen LogP contribution is 2.49. The molecule has 48 heavy (non-hydrogen) atoms. The van der Waals surface area contributed by atoms with E-state index in [4.69, 9.17) is 5.73 Å². The van der Waals surface area contributed by atoms with Gasteiger partial charge in [-0.2, -0.15) is 13.7 Å². The number of carbonyl (C=O) groups excluding carboxylic acids is 1. The van der Waals surface area contributed by atoms with Crippen LogP contribution >= 0.6 is 0 Å². The summed E-state index contributed by atoms with van der Waals surface area (Å²) < 4.78 is 58.3. The third kappa shape index (κ3) is 8.16. The zero-order valence-corrected chi connectivity index (χ0v) is 29.2. The zero-order valence-electron chi connectivity index (χ0n) is 27.6. The summed E-state index contributed by atoms with van der Waals surface area (Å²) in [6.07, 6.45) is 4.91. The van der Waals surface area contributed by atoms with Gasteiger partial charge in [0.05, 0.1) is 36.5 Å². The first kappa shape index (κ1) is 38.4. The highest BCUT2D eigenvalue weighted by molar-refractivity contribution is 7.89. The number of urea groups is 1. The van der Waals surface area contributed by atoms with Crippen LogP contribution in [0.3, 0.4) is 0 Å².